The molecular weight excluding hydrogens is 412 g/mol. The molecule has 5 amide bonds. The fraction of sp³-hybridized carbons (Fsp3) is 0.409. The third-order valence-electron chi connectivity index (χ3n) is 6.07. The van der Waals surface area contributed by atoms with E-state index in [1.807, 2.05) is 6.07 Å². The summed E-state index contributed by atoms with van der Waals surface area (Å²) >= 11 is 0. The van der Waals surface area contributed by atoms with Gasteiger partial charge in [0.1, 0.15) is 12.1 Å². The summed E-state index contributed by atoms with van der Waals surface area (Å²) in [5, 5.41) is 9.67. The molecule has 10 heteroatoms. The Hall–Kier alpha value is -3.69. The first kappa shape index (κ1) is 21.5. The Morgan fingerprint density at radius 2 is 1.88 bits per heavy atom. The molecule has 1 aromatic heterocycles. The van der Waals surface area contributed by atoms with Gasteiger partial charge in [0.25, 0.3) is 11.8 Å². The van der Waals surface area contributed by atoms with Crippen molar-refractivity contribution in [3.63, 3.8) is 0 Å². The van der Waals surface area contributed by atoms with E-state index in [0.29, 0.717) is 37.1 Å². The molecule has 3 heterocycles. The third kappa shape index (κ3) is 4.08. The van der Waals surface area contributed by atoms with Gasteiger partial charge in [0.2, 0.25) is 5.91 Å². The van der Waals surface area contributed by atoms with Gasteiger partial charge in [0, 0.05) is 32.4 Å². The molecule has 1 unspecified atom stereocenters. The Kier molecular flexibility index (Phi) is 5.68. The van der Waals surface area contributed by atoms with Crippen molar-refractivity contribution in [1.82, 2.24) is 30.2 Å². The van der Waals surface area contributed by atoms with E-state index in [-0.39, 0.29) is 24.4 Å². The number of amides is 5. The van der Waals surface area contributed by atoms with Crippen LogP contribution in [0.15, 0.2) is 42.7 Å². The Labute approximate surface area is 185 Å². The summed E-state index contributed by atoms with van der Waals surface area (Å²) in [6.07, 6.45) is 4.35. The molecule has 32 heavy (non-hydrogen) atoms. The SMILES string of the molecule is Cn1cc(C(=O)NC2CCN(C(=O)CN3C(=O)NC(C)(c4ccccc4)C3=O)CC2)cn1. The lowest BCUT2D eigenvalue weighted by molar-refractivity contribution is -0.139. The predicted octanol–water partition coefficient (Wildman–Crippen LogP) is 0.608. The van der Waals surface area contributed by atoms with Crippen molar-refractivity contribution >= 4 is 23.8 Å². The van der Waals surface area contributed by atoms with Gasteiger partial charge in [0.05, 0.1) is 11.8 Å². The number of nitrogens with one attached hydrogen (secondary N) is 2. The van der Waals surface area contributed by atoms with E-state index in [9.17, 15) is 19.2 Å². The van der Waals surface area contributed by atoms with Crippen molar-refractivity contribution in [2.45, 2.75) is 31.3 Å². The van der Waals surface area contributed by atoms with Gasteiger partial charge in [-0.1, -0.05) is 30.3 Å². The molecule has 10 nitrogen and oxygen atoms in total. The Bertz CT molecular complexity index is 1040. The van der Waals surface area contributed by atoms with Gasteiger partial charge in [0.15, 0.2) is 0 Å². The summed E-state index contributed by atoms with van der Waals surface area (Å²) in [6.45, 7) is 2.22. The van der Waals surface area contributed by atoms with Gasteiger partial charge >= 0.3 is 6.03 Å². The zero-order chi connectivity index (χ0) is 22.9. The minimum Gasteiger partial charge on any atom is -0.349 e. The average Bonchev–Trinajstić information content (AvgIpc) is 3.32. The summed E-state index contributed by atoms with van der Waals surface area (Å²) in [4.78, 5) is 53.2. The average molecular weight is 438 g/mol. The first-order chi connectivity index (χ1) is 15.3. The maximum atomic E-state index is 13.0. The normalized spacial score (nSPS) is 21.6. The number of likely N-dealkylation sites (tertiary alicyclic amines) is 1. The molecule has 2 aliphatic heterocycles. The maximum absolute atomic E-state index is 13.0. The van der Waals surface area contributed by atoms with Crippen LogP contribution < -0.4 is 10.6 Å². The second kappa shape index (κ2) is 8.45. The van der Waals surface area contributed by atoms with Crippen molar-refractivity contribution in [3.05, 3.63) is 53.9 Å². The Balaban J connectivity index is 1.32. The highest BCUT2D eigenvalue weighted by Gasteiger charge is 2.49. The molecule has 0 bridgehead atoms. The molecule has 0 saturated carbocycles. The maximum Gasteiger partial charge on any atom is 0.325 e. The van der Waals surface area contributed by atoms with Crippen LogP contribution in [0.2, 0.25) is 0 Å². The second-order valence-corrected chi connectivity index (χ2v) is 8.34. The van der Waals surface area contributed by atoms with E-state index in [0.717, 1.165) is 4.90 Å². The number of rotatable bonds is 5. The van der Waals surface area contributed by atoms with E-state index in [4.69, 9.17) is 0 Å². The monoisotopic (exact) mass is 438 g/mol. The van der Waals surface area contributed by atoms with Crippen LogP contribution in [0.4, 0.5) is 4.79 Å². The number of piperidine rings is 1. The minimum absolute atomic E-state index is 0.0511. The van der Waals surface area contributed by atoms with Gasteiger partial charge < -0.3 is 15.5 Å². The van der Waals surface area contributed by atoms with Crippen LogP contribution >= 0.6 is 0 Å². The Morgan fingerprint density at radius 3 is 2.50 bits per heavy atom. The van der Waals surface area contributed by atoms with Gasteiger partial charge in [-0.2, -0.15) is 5.10 Å². The van der Waals surface area contributed by atoms with Crippen molar-refractivity contribution in [2.75, 3.05) is 19.6 Å². The standard InChI is InChI=1S/C22H26N6O4/c1-22(16-6-4-3-5-7-16)20(31)28(21(32)25-22)14-18(29)27-10-8-17(9-11-27)24-19(30)15-12-23-26(2)13-15/h3-7,12-13,17H,8-11,14H2,1-2H3,(H,24,30)(H,25,32). The third-order valence-corrected chi connectivity index (χ3v) is 6.07. The zero-order valence-corrected chi connectivity index (χ0v) is 18.1. The number of hydrogen-bond donors (Lipinski definition) is 2. The molecule has 1 atom stereocenters. The smallest absolute Gasteiger partial charge is 0.325 e. The number of carbonyl (C=O) groups is 4. The Morgan fingerprint density at radius 1 is 1.19 bits per heavy atom. The van der Waals surface area contributed by atoms with E-state index >= 15 is 0 Å². The second-order valence-electron chi connectivity index (χ2n) is 8.34. The predicted molar refractivity (Wildman–Crippen MR) is 114 cm³/mol. The summed E-state index contributed by atoms with van der Waals surface area (Å²) in [7, 11) is 1.74. The largest absolute Gasteiger partial charge is 0.349 e. The van der Waals surface area contributed by atoms with Crippen molar-refractivity contribution < 1.29 is 19.2 Å². The summed E-state index contributed by atoms with van der Waals surface area (Å²) < 4.78 is 1.56. The first-order valence-corrected chi connectivity index (χ1v) is 10.5. The van der Waals surface area contributed by atoms with E-state index in [1.54, 1.807) is 54.0 Å². The van der Waals surface area contributed by atoms with Crippen LogP contribution in [0.5, 0.6) is 0 Å². The molecule has 2 aliphatic rings. The van der Waals surface area contributed by atoms with E-state index < -0.39 is 17.5 Å². The molecule has 2 aromatic rings. The van der Waals surface area contributed by atoms with Crippen LogP contribution in [-0.2, 0) is 22.2 Å². The fourth-order valence-corrected chi connectivity index (χ4v) is 4.12. The number of hydrogen-bond acceptors (Lipinski definition) is 5. The number of imide groups is 1. The van der Waals surface area contributed by atoms with E-state index in [1.165, 1.54) is 6.20 Å². The summed E-state index contributed by atoms with van der Waals surface area (Å²) in [6, 6.07) is 8.34. The van der Waals surface area contributed by atoms with Gasteiger partial charge in [-0.05, 0) is 25.3 Å². The zero-order valence-electron chi connectivity index (χ0n) is 18.1. The summed E-state index contributed by atoms with van der Waals surface area (Å²) in [5.41, 5.74) is -0.0353. The summed E-state index contributed by atoms with van der Waals surface area (Å²) in [5.74, 6) is -0.925. The molecule has 2 fully saturated rings. The molecule has 0 spiro atoms. The van der Waals surface area contributed by atoms with Gasteiger partial charge in [-0.15, -0.1) is 0 Å². The topological polar surface area (TPSA) is 117 Å². The molecular formula is C22H26N6O4. The molecule has 0 radical (unpaired) electrons. The highest BCUT2D eigenvalue weighted by Crippen LogP contribution is 2.28. The molecule has 1 aromatic carbocycles. The lowest BCUT2D eigenvalue weighted by Crippen LogP contribution is -2.50. The molecule has 0 aliphatic carbocycles. The number of aromatic nitrogens is 2. The van der Waals surface area contributed by atoms with Crippen LogP contribution in [-0.4, -0.2) is 69.0 Å². The van der Waals surface area contributed by atoms with Gasteiger partial charge in [-0.25, -0.2) is 4.79 Å². The number of nitrogens with zero attached hydrogens (tertiary/aromatic N) is 4. The number of urea groups is 1. The molecule has 4 rings (SSSR count). The molecule has 168 valence electrons. The van der Waals surface area contributed by atoms with Crippen molar-refractivity contribution in [2.24, 2.45) is 7.05 Å². The number of aryl methyl sites for hydroxylation is 1. The highest BCUT2D eigenvalue weighted by atomic mass is 16.2. The quantitative estimate of drug-likeness (QED) is 0.664. The van der Waals surface area contributed by atoms with Crippen LogP contribution in [0.25, 0.3) is 0 Å². The lowest BCUT2D eigenvalue weighted by Gasteiger charge is -2.33. The molecule has 2 N–H and O–H groups in total. The van der Waals surface area contributed by atoms with Crippen molar-refractivity contribution in [1.29, 1.82) is 0 Å². The van der Waals surface area contributed by atoms with E-state index in [2.05, 4.69) is 15.7 Å². The van der Waals surface area contributed by atoms with Crippen LogP contribution in [0.1, 0.15) is 35.7 Å². The van der Waals surface area contributed by atoms with Gasteiger partial charge in [-0.3, -0.25) is 24.0 Å². The highest BCUT2D eigenvalue weighted by molar-refractivity contribution is 6.09. The number of carbonyl (C=O) groups excluding carboxylic acids is 4. The van der Waals surface area contributed by atoms with Crippen LogP contribution in [0, 0.1) is 0 Å². The molecule has 2 saturated heterocycles. The fourth-order valence-electron chi connectivity index (χ4n) is 4.12. The first-order valence-electron chi connectivity index (χ1n) is 10.5. The number of benzene rings is 1. The lowest BCUT2D eigenvalue weighted by atomic mass is 9.92. The van der Waals surface area contributed by atoms with Crippen molar-refractivity contribution in [3.8, 4) is 0 Å². The minimum atomic E-state index is -1.19. The van der Waals surface area contributed by atoms with Crippen LogP contribution in [0.3, 0.4) is 0 Å².